The molecule has 5 rings (SSSR count). The van der Waals surface area contributed by atoms with Crippen LogP contribution in [0.5, 0.6) is 0 Å². The zero-order valence-corrected chi connectivity index (χ0v) is 26.3. The van der Waals surface area contributed by atoms with E-state index in [2.05, 4.69) is 6.58 Å². The topological polar surface area (TPSA) is 163 Å². The summed E-state index contributed by atoms with van der Waals surface area (Å²) >= 11 is 0. The van der Waals surface area contributed by atoms with Gasteiger partial charge in [0.1, 0.15) is 36.1 Å². The summed E-state index contributed by atoms with van der Waals surface area (Å²) in [7, 11) is 0. The highest BCUT2D eigenvalue weighted by Gasteiger charge is 2.96. The average Bonchev–Trinajstić information content (AvgIpc) is 3.17. The van der Waals surface area contributed by atoms with Crippen LogP contribution in [0.25, 0.3) is 6.08 Å². The number of fused-ring (bicyclic) bond motifs is 1. The van der Waals surface area contributed by atoms with E-state index in [1.54, 1.807) is 26.8 Å². The number of esters is 4. The molecule has 2 spiro atoms. The highest BCUT2D eigenvalue weighted by molar-refractivity contribution is 5.90. The summed E-state index contributed by atoms with van der Waals surface area (Å²) in [5.74, 6) is -3.77. The van der Waals surface area contributed by atoms with Gasteiger partial charge in [0.25, 0.3) is 0 Å². The molecule has 4 aliphatic rings. The summed E-state index contributed by atoms with van der Waals surface area (Å²) in [6.07, 6.45) is -4.70. The van der Waals surface area contributed by atoms with Crippen molar-refractivity contribution in [2.75, 3.05) is 0 Å². The van der Waals surface area contributed by atoms with Crippen LogP contribution in [0.2, 0.25) is 0 Å². The number of Topliss-reactive ketones (excluding diaryl/α,β-unsaturated/α-hetero) is 1. The molecule has 2 bridgehead atoms. The summed E-state index contributed by atoms with van der Waals surface area (Å²) in [5.41, 5.74) is -7.84. The van der Waals surface area contributed by atoms with Crippen molar-refractivity contribution in [2.24, 2.45) is 21.7 Å². The van der Waals surface area contributed by atoms with Gasteiger partial charge in [0.05, 0.1) is 10.8 Å². The molecule has 4 saturated carbocycles. The molecule has 0 heterocycles. The number of rotatable bonds is 6. The zero-order chi connectivity index (χ0) is 33.3. The zero-order valence-electron chi connectivity index (χ0n) is 26.3. The Kier molecular flexibility index (Phi) is 7.69. The Morgan fingerprint density at radius 3 is 2.07 bits per heavy atom. The molecular weight excluding hydrogens is 584 g/mol. The fourth-order valence-corrected chi connectivity index (χ4v) is 9.64. The average molecular weight is 625 g/mol. The quantitative estimate of drug-likeness (QED) is 0.207. The molecule has 4 fully saturated rings. The Hall–Kier alpha value is -3.83. The number of aliphatic hydroxyl groups excluding tert-OH is 1. The number of ether oxygens (including phenoxy) is 4. The number of ketones is 1. The lowest BCUT2D eigenvalue weighted by Gasteiger charge is -2.59. The van der Waals surface area contributed by atoms with Gasteiger partial charge in [0, 0.05) is 44.1 Å². The van der Waals surface area contributed by atoms with Crippen molar-refractivity contribution in [1.82, 2.24) is 0 Å². The van der Waals surface area contributed by atoms with Gasteiger partial charge >= 0.3 is 23.9 Å². The Morgan fingerprint density at radius 2 is 1.49 bits per heavy atom. The van der Waals surface area contributed by atoms with Crippen LogP contribution in [0, 0.1) is 21.7 Å². The van der Waals surface area contributed by atoms with E-state index < -0.39 is 93.9 Å². The Bertz CT molecular complexity index is 1500. The van der Waals surface area contributed by atoms with E-state index in [0.29, 0.717) is 0 Å². The van der Waals surface area contributed by atoms with Crippen molar-refractivity contribution in [3.05, 3.63) is 54.1 Å². The van der Waals surface area contributed by atoms with Crippen LogP contribution in [-0.4, -0.2) is 76.0 Å². The van der Waals surface area contributed by atoms with E-state index in [-0.39, 0.29) is 18.4 Å². The molecule has 4 aliphatic carbocycles. The Balaban J connectivity index is 1.77. The number of benzene rings is 1. The third kappa shape index (κ3) is 4.05. The third-order valence-corrected chi connectivity index (χ3v) is 11.2. The second kappa shape index (κ2) is 10.6. The highest BCUT2D eigenvalue weighted by Crippen LogP contribution is 2.86. The van der Waals surface area contributed by atoms with Crippen LogP contribution < -0.4 is 0 Å². The minimum absolute atomic E-state index is 0.120. The number of carbonyl (C=O) groups is 5. The number of aliphatic hydroxyl groups is 2. The van der Waals surface area contributed by atoms with Crippen molar-refractivity contribution >= 4 is 35.7 Å². The second-order valence-corrected chi connectivity index (χ2v) is 13.5. The molecule has 0 aromatic heterocycles. The molecule has 1 aromatic rings. The summed E-state index contributed by atoms with van der Waals surface area (Å²) in [6.45, 7) is 12.8. The van der Waals surface area contributed by atoms with E-state index in [1.165, 1.54) is 13.0 Å². The lowest BCUT2D eigenvalue weighted by atomic mass is 9.43. The van der Waals surface area contributed by atoms with Crippen LogP contribution in [-0.2, 0) is 42.9 Å². The summed E-state index contributed by atoms with van der Waals surface area (Å²) in [4.78, 5) is 65.0. The molecule has 242 valence electrons. The van der Waals surface area contributed by atoms with E-state index in [4.69, 9.17) is 18.9 Å². The fourth-order valence-electron chi connectivity index (χ4n) is 9.64. The van der Waals surface area contributed by atoms with Crippen molar-refractivity contribution in [1.29, 1.82) is 0 Å². The van der Waals surface area contributed by atoms with Crippen LogP contribution >= 0.6 is 0 Å². The first-order valence-electron chi connectivity index (χ1n) is 15.0. The van der Waals surface area contributed by atoms with Gasteiger partial charge in [-0.1, -0.05) is 57.7 Å². The summed E-state index contributed by atoms with van der Waals surface area (Å²) in [6, 6.07) is 9.10. The first-order valence-corrected chi connectivity index (χ1v) is 15.0. The van der Waals surface area contributed by atoms with Gasteiger partial charge in [-0.2, -0.15) is 0 Å². The molecule has 0 radical (unpaired) electrons. The Labute approximate surface area is 261 Å². The summed E-state index contributed by atoms with van der Waals surface area (Å²) < 4.78 is 23.8. The molecule has 0 unspecified atom stereocenters. The predicted molar refractivity (Wildman–Crippen MR) is 158 cm³/mol. The molecule has 0 amide bonds. The lowest BCUT2D eigenvalue weighted by Crippen LogP contribution is -2.68. The van der Waals surface area contributed by atoms with Gasteiger partial charge in [-0.05, 0) is 30.1 Å². The third-order valence-electron chi connectivity index (χ3n) is 11.2. The van der Waals surface area contributed by atoms with Crippen LogP contribution in [0.4, 0.5) is 0 Å². The molecule has 1 aromatic carbocycles. The molecule has 0 aliphatic heterocycles. The normalized spacial score (nSPS) is 39.5. The van der Waals surface area contributed by atoms with Crippen molar-refractivity contribution < 1.29 is 53.1 Å². The van der Waals surface area contributed by atoms with E-state index in [1.807, 2.05) is 30.3 Å². The molecule has 9 atom stereocenters. The molecule has 0 saturated heterocycles. The fraction of sp³-hybridized carbons (Fsp3) is 0.559. The van der Waals surface area contributed by atoms with Gasteiger partial charge in [-0.15, -0.1) is 0 Å². The molecule has 11 heteroatoms. The second-order valence-electron chi connectivity index (χ2n) is 13.5. The predicted octanol–water partition coefficient (Wildman–Crippen LogP) is 2.85. The summed E-state index contributed by atoms with van der Waals surface area (Å²) in [5, 5.41) is 24.7. The van der Waals surface area contributed by atoms with Crippen LogP contribution in [0.15, 0.2) is 48.6 Å². The maximum atomic E-state index is 13.7. The molecule has 45 heavy (non-hydrogen) atoms. The van der Waals surface area contributed by atoms with Gasteiger partial charge in [0.2, 0.25) is 0 Å². The maximum Gasteiger partial charge on any atom is 0.331 e. The maximum absolute atomic E-state index is 13.7. The SMILES string of the molecule is C=C1[C@@H](OC(=O)/C=C/c2ccccc2)CC[C@@]2(C)[C@@H](OC(C)=O)[C@H](OC(C)=O)[C@@]34[C@H](O)C(=O)C[C@@](O)([C@@H](OC(C)=O)[C@@]132)C4(C)C. The highest BCUT2D eigenvalue weighted by atomic mass is 16.6. The number of carbonyl (C=O) groups excluding carboxylic acids is 5. The van der Waals surface area contributed by atoms with E-state index in [9.17, 15) is 34.2 Å². The first kappa shape index (κ1) is 32.6. The molecular formula is C34H40O11. The van der Waals surface area contributed by atoms with Crippen molar-refractivity contribution in [3.8, 4) is 0 Å². The minimum atomic E-state index is -2.10. The minimum Gasteiger partial charge on any atom is -0.458 e. The van der Waals surface area contributed by atoms with Crippen LogP contribution in [0.3, 0.4) is 0 Å². The first-order chi connectivity index (χ1) is 20.9. The number of hydrogen-bond acceptors (Lipinski definition) is 11. The van der Waals surface area contributed by atoms with E-state index >= 15 is 0 Å². The largest absolute Gasteiger partial charge is 0.458 e. The molecule has 11 nitrogen and oxygen atoms in total. The van der Waals surface area contributed by atoms with Gasteiger partial charge in [-0.3, -0.25) is 19.2 Å². The van der Waals surface area contributed by atoms with Crippen molar-refractivity contribution in [3.63, 3.8) is 0 Å². The number of hydrogen-bond donors (Lipinski definition) is 2. The Morgan fingerprint density at radius 1 is 0.911 bits per heavy atom. The van der Waals surface area contributed by atoms with Crippen molar-refractivity contribution in [2.45, 2.75) is 96.9 Å². The standard InChI is InChI=1S/C34H40O11/c1-18-24(45-25(39)14-13-22-11-9-8-10-12-22)15-16-31(7)27(42-19(2)35)28(43-20(3)36)34-26(40)23(38)17-32(41,30(34,5)6)29(33(18,31)34)44-21(4)37/h8-14,24,26-29,40-41H,1,15-17H2,2-7H3/b14-13+/t24-,26+,27-,28-,29+,31-,32+,33+,34+/m0/s1. The lowest BCUT2D eigenvalue weighted by molar-refractivity contribution is -0.229. The van der Waals surface area contributed by atoms with Crippen LogP contribution in [0.1, 0.15) is 66.4 Å². The van der Waals surface area contributed by atoms with Gasteiger partial charge in [-0.25, -0.2) is 4.79 Å². The van der Waals surface area contributed by atoms with Gasteiger partial charge < -0.3 is 29.2 Å². The molecule has 2 N–H and O–H groups in total. The van der Waals surface area contributed by atoms with E-state index in [0.717, 1.165) is 19.4 Å². The smallest absolute Gasteiger partial charge is 0.331 e. The van der Waals surface area contributed by atoms with Gasteiger partial charge in [0.15, 0.2) is 5.78 Å². The monoisotopic (exact) mass is 624 g/mol.